The Hall–Kier alpha value is -0.720. The summed E-state index contributed by atoms with van der Waals surface area (Å²) in [5.74, 6) is 1.42. The summed E-state index contributed by atoms with van der Waals surface area (Å²) in [5.41, 5.74) is 5.84. The van der Waals surface area contributed by atoms with Gasteiger partial charge in [-0.1, -0.05) is 5.16 Å². The number of thiophene rings is 1. The quantitative estimate of drug-likeness (QED) is 0.938. The van der Waals surface area contributed by atoms with E-state index in [1.807, 2.05) is 6.07 Å². The van der Waals surface area contributed by atoms with Crippen LogP contribution in [0, 0.1) is 0 Å². The van der Waals surface area contributed by atoms with Crippen LogP contribution in [0.1, 0.15) is 48.7 Å². The second-order valence-corrected chi connectivity index (χ2v) is 7.32. The molecule has 2 N–H and O–H groups in total. The summed E-state index contributed by atoms with van der Waals surface area (Å²) in [4.78, 5) is 5.68. The second kappa shape index (κ2) is 4.43. The number of rotatable bonds is 3. The summed E-state index contributed by atoms with van der Waals surface area (Å²) in [6, 6.07) is 4.11. The fraction of sp³-hybridized carbons (Fsp3) is 0.500. The maximum Gasteiger partial charge on any atom is 0.234 e. The van der Waals surface area contributed by atoms with Gasteiger partial charge in [-0.2, -0.15) is 4.98 Å². The zero-order valence-electron chi connectivity index (χ0n) is 10.0. The number of halogens is 1. The smallest absolute Gasteiger partial charge is 0.234 e. The van der Waals surface area contributed by atoms with E-state index in [0.717, 1.165) is 23.0 Å². The molecular formula is C12H14BrN3OS. The Morgan fingerprint density at radius 1 is 1.50 bits per heavy atom. The van der Waals surface area contributed by atoms with Crippen molar-refractivity contribution in [2.75, 3.05) is 0 Å². The molecule has 1 aliphatic rings. The monoisotopic (exact) mass is 327 g/mol. The fourth-order valence-electron chi connectivity index (χ4n) is 2.08. The lowest BCUT2D eigenvalue weighted by molar-refractivity contribution is 0.228. The number of hydrogen-bond donors (Lipinski definition) is 1. The first-order valence-electron chi connectivity index (χ1n) is 5.97. The van der Waals surface area contributed by atoms with Crippen molar-refractivity contribution in [2.24, 2.45) is 5.73 Å². The van der Waals surface area contributed by atoms with E-state index in [1.165, 1.54) is 4.88 Å². The van der Waals surface area contributed by atoms with Crippen molar-refractivity contribution in [3.05, 3.63) is 32.5 Å². The summed E-state index contributed by atoms with van der Waals surface area (Å²) in [5, 5.41) is 4.05. The van der Waals surface area contributed by atoms with E-state index in [0.29, 0.717) is 11.7 Å². The summed E-state index contributed by atoms with van der Waals surface area (Å²) in [6.45, 7) is 2.07. The molecule has 0 aliphatic heterocycles. The highest BCUT2D eigenvalue weighted by molar-refractivity contribution is 9.11. The minimum Gasteiger partial charge on any atom is -0.339 e. The molecule has 6 heteroatoms. The van der Waals surface area contributed by atoms with Crippen molar-refractivity contribution < 1.29 is 4.52 Å². The van der Waals surface area contributed by atoms with Crippen molar-refractivity contribution in [1.82, 2.24) is 10.1 Å². The molecule has 4 nitrogen and oxygen atoms in total. The third kappa shape index (κ3) is 2.02. The average molecular weight is 328 g/mol. The first-order valence-corrected chi connectivity index (χ1v) is 7.58. The van der Waals surface area contributed by atoms with Gasteiger partial charge in [-0.05, 0) is 54.2 Å². The van der Waals surface area contributed by atoms with Gasteiger partial charge in [-0.3, -0.25) is 0 Å². The zero-order chi connectivity index (χ0) is 12.8. The fourth-order valence-corrected chi connectivity index (χ4v) is 3.55. The minimum atomic E-state index is -0.350. The predicted molar refractivity (Wildman–Crippen MR) is 73.6 cm³/mol. The van der Waals surface area contributed by atoms with E-state index >= 15 is 0 Å². The van der Waals surface area contributed by atoms with Gasteiger partial charge in [0.1, 0.15) is 0 Å². The molecule has 0 bridgehead atoms. The number of aromatic nitrogens is 2. The molecule has 1 saturated carbocycles. The van der Waals surface area contributed by atoms with E-state index in [-0.39, 0.29) is 11.5 Å². The summed E-state index contributed by atoms with van der Waals surface area (Å²) in [7, 11) is 0. The molecule has 1 aliphatic carbocycles. The molecule has 0 amide bonds. The van der Waals surface area contributed by atoms with E-state index in [9.17, 15) is 0 Å². The average Bonchev–Trinajstić information content (AvgIpc) is 2.93. The van der Waals surface area contributed by atoms with Gasteiger partial charge in [-0.25, -0.2) is 0 Å². The van der Waals surface area contributed by atoms with Gasteiger partial charge in [0.25, 0.3) is 0 Å². The molecule has 0 saturated heterocycles. The molecule has 0 radical (unpaired) electrons. The Morgan fingerprint density at radius 2 is 2.28 bits per heavy atom. The lowest BCUT2D eigenvalue weighted by Gasteiger charge is -2.34. The van der Waals surface area contributed by atoms with Crippen molar-refractivity contribution in [3.8, 4) is 0 Å². The molecule has 1 atom stereocenters. The topological polar surface area (TPSA) is 64.9 Å². The minimum absolute atomic E-state index is 0.117. The summed E-state index contributed by atoms with van der Waals surface area (Å²) >= 11 is 5.15. The summed E-state index contributed by atoms with van der Waals surface area (Å²) < 4.78 is 6.47. The third-order valence-electron chi connectivity index (χ3n) is 3.52. The Bertz CT molecular complexity index is 561. The SMILES string of the molecule is CC(c1nc(C2(N)CCC2)no1)c1ccc(Br)s1. The van der Waals surface area contributed by atoms with Gasteiger partial charge in [-0.15, -0.1) is 11.3 Å². The van der Waals surface area contributed by atoms with Crippen LogP contribution >= 0.6 is 27.3 Å². The van der Waals surface area contributed by atoms with E-state index in [2.05, 4.69) is 39.1 Å². The normalized spacial score (nSPS) is 19.5. The number of nitrogens with zero attached hydrogens (tertiary/aromatic N) is 2. The predicted octanol–water partition coefficient (Wildman–Crippen LogP) is 3.38. The van der Waals surface area contributed by atoms with Gasteiger partial charge in [0.05, 0.1) is 15.2 Å². The zero-order valence-corrected chi connectivity index (χ0v) is 12.4. The molecule has 96 valence electrons. The Labute approximate surface area is 118 Å². The van der Waals surface area contributed by atoms with Gasteiger partial charge < -0.3 is 10.3 Å². The van der Waals surface area contributed by atoms with Crippen LogP contribution in [0.5, 0.6) is 0 Å². The van der Waals surface area contributed by atoms with Crippen LogP contribution in [0.25, 0.3) is 0 Å². The Kier molecular flexibility index (Phi) is 3.03. The molecule has 2 aromatic heterocycles. The van der Waals surface area contributed by atoms with Crippen LogP contribution in [0.2, 0.25) is 0 Å². The third-order valence-corrected chi connectivity index (χ3v) is 5.33. The highest BCUT2D eigenvalue weighted by Gasteiger charge is 2.39. The van der Waals surface area contributed by atoms with Crippen LogP contribution < -0.4 is 5.73 Å². The highest BCUT2D eigenvalue weighted by atomic mass is 79.9. The molecule has 1 fully saturated rings. The van der Waals surface area contributed by atoms with Crippen molar-refractivity contribution >= 4 is 27.3 Å². The highest BCUT2D eigenvalue weighted by Crippen LogP contribution is 2.38. The van der Waals surface area contributed by atoms with Gasteiger partial charge in [0.2, 0.25) is 5.89 Å². The maximum absolute atomic E-state index is 6.19. The van der Waals surface area contributed by atoms with Crippen LogP contribution in [0.3, 0.4) is 0 Å². The second-order valence-electron chi connectivity index (χ2n) is 4.83. The van der Waals surface area contributed by atoms with E-state index in [1.54, 1.807) is 11.3 Å². The lowest BCUT2D eigenvalue weighted by Crippen LogP contribution is -2.44. The summed E-state index contributed by atoms with van der Waals surface area (Å²) in [6.07, 6.45) is 3.05. The Morgan fingerprint density at radius 3 is 2.83 bits per heavy atom. The van der Waals surface area contributed by atoms with Crippen LogP contribution in [-0.2, 0) is 5.54 Å². The molecule has 0 aromatic carbocycles. The van der Waals surface area contributed by atoms with Gasteiger partial charge in [0.15, 0.2) is 5.82 Å². The van der Waals surface area contributed by atoms with Gasteiger partial charge >= 0.3 is 0 Å². The molecular weight excluding hydrogens is 314 g/mol. The van der Waals surface area contributed by atoms with Crippen LogP contribution in [0.15, 0.2) is 20.4 Å². The van der Waals surface area contributed by atoms with Crippen molar-refractivity contribution in [1.29, 1.82) is 0 Å². The van der Waals surface area contributed by atoms with E-state index in [4.69, 9.17) is 10.3 Å². The molecule has 0 spiro atoms. The molecule has 2 aromatic rings. The number of hydrogen-bond acceptors (Lipinski definition) is 5. The molecule has 1 unspecified atom stereocenters. The lowest BCUT2D eigenvalue weighted by atomic mass is 9.77. The molecule has 3 rings (SSSR count). The first kappa shape index (κ1) is 12.3. The van der Waals surface area contributed by atoms with E-state index < -0.39 is 0 Å². The standard InChI is InChI=1S/C12H14BrN3OS/c1-7(8-3-4-9(13)18-8)10-15-11(16-17-10)12(14)5-2-6-12/h3-4,7H,2,5-6,14H2,1H3. The maximum atomic E-state index is 6.19. The van der Waals surface area contributed by atoms with Crippen LogP contribution in [-0.4, -0.2) is 10.1 Å². The molecule has 18 heavy (non-hydrogen) atoms. The van der Waals surface area contributed by atoms with Gasteiger partial charge in [0, 0.05) is 4.88 Å². The number of nitrogens with two attached hydrogens (primary N) is 1. The van der Waals surface area contributed by atoms with Crippen molar-refractivity contribution in [3.63, 3.8) is 0 Å². The first-order chi connectivity index (χ1) is 8.58. The Balaban J connectivity index is 1.84. The van der Waals surface area contributed by atoms with Crippen LogP contribution in [0.4, 0.5) is 0 Å². The molecule has 2 heterocycles. The van der Waals surface area contributed by atoms with Crippen molar-refractivity contribution in [2.45, 2.75) is 37.6 Å². The largest absolute Gasteiger partial charge is 0.339 e.